The van der Waals surface area contributed by atoms with Crippen molar-refractivity contribution >= 4 is 33.6 Å². The third-order valence-corrected chi connectivity index (χ3v) is 7.70. The smallest absolute Gasteiger partial charge is 0.273 e. The van der Waals surface area contributed by atoms with Crippen molar-refractivity contribution < 1.29 is 14.0 Å². The van der Waals surface area contributed by atoms with E-state index in [0.717, 1.165) is 46.0 Å². The highest BCUT2D eigenvalue weighted by molar-refractivity contribution is 6.08. The average molecular weight is 539 g/mol. The number of carbonyl (C=O) groups is 2. The summed E-state index contributed by atoms with van der Waals surface area (Å²) in [5, 5.41) is 14.8. The maximum absolute atomic E-state index is 13.7. The summed E-state index contributed by atoms with van der Waals surface area (Å²) in [5.41, 5.74) is 5.18. The Balaban J connectivity index is 1.25. The standard InChI is InChI=1S/C31H31FN6O2/c1-19(20-6-5-7-23(32)14-20)34-30(39)26-17-37(2)28-11-9-21(15-25(26)28)22-8-10-24-27(16-22)35-36-29(24)31(40)33-18-38-12-3-4-13-38/h5-11,14-17,19H,3-4,12-13,18H2,1-2H3,(H,33,40)(H,34,39)(H,35,36). The van der Waals surface area contributed by atoms with Gasteiger partial charge in [0.15, 0.2) is 5.69 Å². The van der Waals surface area contributed by atoms with Crippen molar-refractivity contribution in [2.75, 3.05) is 19.8 Å². The molecule has 1 aliphatic rings. The molecular formula is C31H31FN6O2. The molecule has 204 valence electrons. The molecule has 0 aliphatic carbocycles. The van der Waals surface area contributed by atoms with Gasteiger partial charge < -0.3 is 15.2 Å². The highest BCUT2D eigenvalue weighted by atomic mass is 19.1. The van der Waals surface area contributed by atoms with Crippen molar-refractivity contribution in [2.24, 2.45) is 7.05 Å². The Hall–Kier alpha value is -4.50. The Labute approximate surface area is 231 Å². The topological polar surface area (TPSA) is 95.1 Å². The number of halogens is 1. The molecule has 1 unspecified atom stereocenters. The van der Waals surface area contributed by atoms with Crippen LogP contribution in [0.4, 0.5) is 4.39 Å². The first-order valence-corrected chi connectivity index (χ1v) is 13.5. The number of amides is 2. The van der Waals surface area contributed by atoms with E-state index in [1.807, 2.05) is 61.1 Å². The molecule has 40 heavy (non-hydrogen) atoms. The third kappa shape index (κ3) is 4.96. The fourth-order valence-electron chi connectivity index (χ4n) is 5.47. The van der Waals surface area contributed by atoms with E-state index in [0.29, 0.717) is 23.5 Å². The molecule has 2 aromatic heterocycles. The molecule has 6 rings (SSSR count). The van der Waals surface area contributed by atoms with E-state index in [1.165, 1.54) is 25.0 Å². The number of hydrogen-bond donors (Lipinski definition) is 3. The maximum Gasteiger partial charge on any atom is 0.273 e. The van der Waals surface area contributed by atoms with Crippen LogP contribution in [0, 0.1) is 5.82 Å². The maximum atomic E-state index is 13.7. The minimum absolute atomic E-state index is 0.195. The van der Waals surface area contributed by atoms with Crippen molar-refractivity contribution in [3.63, 3.8) is 0 Å². The zero-order chi connectivity index (χ0) is 27.8. The highest BCUT2D eigenvalue weighted by Gasteiger charge is 2.19. The number of H-pyrrole nitrogens is 1. The van der Waals surface area contributed by atoms with Gasteiger partial charge in [-0.15, -0.1) is 0 Å². The normalized spacial score (nSPS) is 14.6. The summed E-state index contributed by atoms with van der Waals surface area (Å²) in [6, 6.07) is 17.7. The molecule has 3 aromatic carbocycles. The number of aromatic amines is 1. The Morgan fingerprint density at radius 1 is 1.00 bits per heavy atom. The number of rotatable bonds is 7. The first kappa shape index (κ1) is 25.8. The van der Waals surface area contributed by atoms with Gasteiger partial charge in [0.25, 0.3) is 11.8 Å². The highest BCUT2D eigenvalue weighted by Crippen LogP contribution is 2.30. The van der Waals surface area contributed by atoms with Crippen molar-refractivity contribution in [3.8, 4) is 11.1 Å². The van der Waals surface area contributed by atoms with E-state index in [9.17, 15) is 14.0 Å². The average Bonchev–Trinajstić information content (AvgIpc) is 3.70. The van der Waals surface area contributed by atoms with Crippen LogP contribution < -0.4 is 10.6 Å². The molecule has 5 aromatic rings. The minimum Gasteiger partial charge on any atom is -0.350 e. The summed E-state index contributed by atoms with van der Waals surface area (Å²) in [5.74, 6) is -0.759. The van der Waals surface area contributed by atoms with Gasteiger partial charge in [0.2, 0.25) is 0 Å². The summed E-state index contributed by atoms with van der Waals surface area (Å²) in [6.45, 7) is 4.38. The molecule has 2 amide bonds. The number of aromatic nitrogens is 3. The van der Waals surface area contributed by atoms with E-state index in [-0.39, 0.29) is 23.7 Å². The molecule has 1 atom stereocenters. The second-order valence-corrected chi connectivity index (χ2v) is 10.5. The van der Waals surface area contributed by atoms with Crippen LogP contribution in [-0.4, -0.2) is 51.2 Å². The lowest BCUT2D eigenvalue weighted by atomic mass is 10.0. The summed E-state index contributed by atoms with van der Waals surface area (Å²) in [6.07, 6.45) is 4.14. The van der Waals surface area contributed by atoms with E-state index >= 15 is 0 Å². The van der Waals surface area contributed by atoms with Crippen LogP contribution in [0.5, 0.6) is 0 Å². The third-order valence-electron chi connectivity index (χ3n) is 7.70. The molecule has 0 radical (unpaired) electrons. The van der Waals surface area contributed by atoms with E-state index in [4.69, 9.17) is 0 Å². The van der Waals surface area contributed by atoms with Gasteiger partial charge in [-0.25, -0.2) is 4.39 Å². The van der Waals surface area contributed by atoms with Crippen LogP contribution in [0.25, 0.3) is 32.9 Å². The van der Waals surface area contributed by atoms with Gasteiger partial charge in [0, 0.05) is 29.5 Å². The molecule has 9 heteroatoms. The summed E-state index contributed by atoms with van der Waals surface area (Å²) in [4.78, 5) is 28.3. The van der Waals surface area contributed by atoms with E-state index in [2.05, 4.69) is 25.7 Å². The van der Waals surface area contributed by atoms with Crippen LogP contribution in [0.3, 0.4) is 0 Å². The SMILES string of the molecule is CC(NC(=O)c1cn(C)c2ccc(-c3ccc4c(C(=O)NCN5CCCC5)n[nH]c4c3)cc12)c1cccc(F)c1. The van der Waals surface area contributed by atoms with Crippen molar-refractivity contribution in [1.82, 2.24) is 30.3 Å². The number of likely N-dealkylation sites (tertiary alicyclic amines) is 1. The molecule has 8 nitrogen and oxygen atoms in total. The molecule has 3 N–H and O–H groups in total. The first-order valence-electron chi connectivity index (χ1n) is 13.5. The lowest BCUT2D eigenvalue weighted by molar-refractivity contribution is 0.0922. The van der Waals surface area contributed by atoms with Crippen LogP contribution in [0.2, 0.25) is 0 Å². The summed E-state index contributed by atoms with van der Waals surface area (Å²) in [7, 11) is 1.90. The van der Waals surface area contributed by atoms with Crippen LogP contribution in [-0.2, 0) is 7.05 Å². The Morgan fingerprint density at radius 3 is 2.58 bits per heavy atom. The van der Waals surface area contributed by atoms with E-state index in [1.54, 1.807) is 12.1 Å². The van der Waals surface area contributed by atoms with E-state index < -0.39 is 0 Å². The number of carbonyl (C=O) groups excluding carboxylic acids is 2. The second-order valence-electron chi connectivity index (χ2n) is 10.5. The number of hydrogen-bond acceptors (Lipinski definition) is 4. The number of aryl methyl sites for hydroxylation is 1. The molecule has 1 fully saturated rings. The zero-order valence-corrected chi connectivity index (χ0v) is 22.5. The van der Waals surface area contributed by atoms with Crippen molar-refractivity contribution in [3.05, 3.63) is 89.5 Å². The quantitative estimate of drug-likeness (QED) is 0.268. The number of fused-ring (bicyclic) bond motifs is 2. The predicted octanol–water partition coefficient (Wildman–Crippen LogP) is 5.13. The minimum atomic E-state index is -0.355. The molecule has 1 aliphatic heterocycles. The lowest BCUT2D eigenvalue weighted by Crippen LogP contribution is -2.36. The summed E-state index contributed by atoms with van der Waals surface area (Å²) < 4.78 is 15.6. The number of nitrogens with zero attached hydrogens (tertiary/aromatic N) is 3. The predicted molar refractivity (Wildman–Crippen MR) is 153 cm³/mol. The van der Waals surface area contributed by atoms with Gasteiger partial charge in [-0.05, 0) is 85.9 Å². The van der Waals surface area contributed by atoms with Crippen molar-refractivity contribution in [2.45, 2.75) is 25.8 Å². The van der Waals surface area contributed by atoms with Crippen LogP contribution in [0.15, 0.2) is 66.9 Å². The van der Waals surface area contributed by atoms with Gasteiger partial charge in [-0.2, -0.15) is 5.10 Å². The van der Waals surface area contributed by atoms with Gasteiger partial charge >= 0.3 is 0 Å². The lowest BCUT2D eigenvalue weighted by Gasteiger charge is -2.14. The molecular weight excluding hydrogens is 507 g/mol. The molecule has 0 bridgehead atoms. The molecule has 1 saturated heterocycles. The first-order chi connectivity index (χ1) is 19.4. The number of nitrogens with one attached hydrogen (secondary N) is 3. The van der Waals surface area contributed by atoms with Crippen LogP contribution in [0.1, 0.15) is 52.2 Å². The van der Waals surface area contributed by atoms with Gasteiger partial charge in [-0.3, -0.25) is 19.6 Å². The zero-order valence-electron chi connectivity index (χ0n) is 22.5. The fourth-order valence-corrected chi connectivity index (χ4v) is 5.47. The second kappa shape index (κ2) is 10.6. The van der Waals surface area contributed by atoms with Crippen molar-refractivity contribution in [1.29, 1.82) is 0 Å². The molecule has 3 heterocycles. The Kier molecular flexibility index (Phi) is 6.81. The Bertz CT molecular complexity index is 1730. The largest absolute Gasteiger partial charge is 0.350 e. The van der Waals surface area contributed by atoms with Gasteiger partial charge in [-0.1, -0.05) is 24.3 Å². The summed E-state index contributed by atoms with van der Waals surface area (Å²) >= 11 is 0. The fraction of sp³-hybridized carbons (Fsp3) is 0.258. The van der Waals surface area contributed by atoms with Gasteiger partial charge in [0.05, 0.1) is 23.8 Å². The molecule has 0 spiro atoms. The molecule has 0 saturated carbocycles. The number of benzene rings is 3. The monoisotopic (exact) mass is 538 g/mol. The Morgan fingerprint density at radius 2 is 1.77 bits per heavy atom. The van der Waals surface area contributed by atoms with Crippen LogP contribution >= 0.6 is 0 Å². The van der Waals surface area contributed by atoms with Gasteiger partial charge in [0.1, 0.15) is 5.82 Å².